The Bertz CT molecular complexity index is 383. The highest BCUT2D eigenvalue weighted by molar-refractivity contribution is 5.54. The van der Waals surface area contributed by atoms with Crippen LogP contribution in [0.4, 0.5) is 0 Å². The molecule has 3 nitrogen and oxygen atoms in total. The summed E-state index contributed by atoms with van der Waals surface area (Å²) < 4.78 is 5.10. The van der Waals surface area contributed by atoms with Crippen molar-refractivity contribution in [3.63, 3.8) is 0 Å². The first-order valence-electron chi connectivity index (χ1n) is 5.30. The van der Waals surface area contributed by atoms with E-state index in [9.17, 15) is 5.11 Å². The Balaban J connectivity index is 2.56. The first kappa shape index (κ1) is 10.3. The Labute approximate surface area is 89.9 Å². The van der Waals surface area contributed by atoms with Crippen molar-refractivity contribution in [2.75, 3.05) is 7.11 Å². The van der Waals surface area contributed by atoms with Crippen LogP contribution in [-0.2, 0) is 12.0 Å². The Morgan fingerprint density at radius 2 is 2.13 bits per heavy atom. The summed E-state index contributed by atoms with van der Waals surface area (Å²) in [6.45, 7) is 2.07. The smallest absolute Gasteiger partial charge is 0.163 e. The van der Waals surface area contributed by atoms with E-state index in [2.05, 4.69) is 6.92 Å². The third-order valence-electron chi connectivity index (χ3n) is 3.11. The minimum absolute atomic E-state index is 0.219. The molecule has 0 heterocycles. The Kier molecular flexibility index (Phi) is 2.35. The van der Waals surface area contributed by atoms with Crippen LogP contribution >= 0.6 is 0 Å². The SMILES string of the molecule is CCc1ccc(OC)c(O)c1C1(N)CC1. The second kappa shape index (κ2) is 3.42. The molecule has 2 rings (SSSR count). The van der Waals surface area contributed by atoms with E-state index >= 15 is 0 Å². The van der Waals surface area contributed by atoms with E-state index in [4.69, 9.17) is 10.5 Å². The predicted octanol–water partition coefficient (Wildman–Crippen LogP) is 1.91. The molecule has 0 spiro atoms. The van der Waals surface area contributed by atoms with Crippen LogP contribution in [0.2, 0.25) is 0 Å². The van der Waals surface area contributed by atoms with Crippen LogP contribution in [0.15, 0.2) is 12.1 Å². The number of aromatic hydroxyl groups is 1. The minimum Gasteiger partial charge on any atom is -0.504 e. The highest BCUT2D eigenvalue weighted by atomic mass is 16.5. The van der Waals surface area contributed by atoms with Crippen LogP contribution in [0.5, 0.6) is 11.5 Å². The van der Waals surface area contributed by atoms with Crippen molar-refractivity contribution in [1.29, 1.82) is 0 Å². The molecule has 1 aliphatic rings. The fraction of sp³-hybridized carbons (Fsp3) is 0.500. The molecule has 3 N–H and O–H groups in total. The standard InChI is InChI=1S/C12H17NO2/c1-3-8-4-5-9(15-2)11(14)10(8)12(13)6-7-12/h4-5,14H,3,6-7,13H2,1-2H3. The molecule has 1 aromatic carbocycles. The Hall–Kier alpha value is -1.22. The molecule has 82 valence electrons. The third-order valence-corrected chi connectivity index (χ3v) is 3.11. The number of methoxy groups -OCH3 is 1. The molecule has 0 unspecified atom stereocenters. The minimum atomic E-state index is -0.316. The van der Waals surface area contributed by atoms with Gasteiger partial charge in [0.15, 0.2) is 11.5 Å². The number of ether oxygens (including phenoxy) is 1. The van der Waals surface area contributed by atoms with Gasteiger partial charge in [-0.1, -0.05) is 13.0 Å². The van der Waals surface area contributed by atoms with E-state index in [0.29, 0.717) is 5.75 Å². The molecule has 0 aromatic heterocycles. The van der Waals surface area contributed by atoms with Gasteiger partial charge in [-0.15, -0.1) is 0 Å². The lowest BCUT2D eigenvalue weighted by molar-refractivity contribution is 0.367. The van der Waals surface area contributed by atoms with E-state index in [1.54, 1.807) is 13.2 Å². The molecule has 15 heavy (non-hydrogen) atoms. The van der Waals surface area contributed by atoms with Gasteiger partial charge in [-0.25, -0.2) is 0 Å². The summed E-state index contributed by atoms with van der Waals surface area (Å²) in [6.07, 6.45) is 2.77. The van der Waals surface area contributed by atoms with E-state index in [-0.39, 0.29) is 11.3 Å². The van der Waals surface area contributed by atoms with Crippen molar-refractivity contribution in [1.82, 2.24) is 0 Å². The number of hydrogen-bond donors (Lipinski definition) is 2. The second-order valence-electron chi connectivity index (χ2n) is 4.16. The normalized spacial score (nSPS) is 17.5. The molecule has 0 amide bonds. The van der Waals surface area contributed by atoms with Crippen molar-refractivity contribution in [3.8, 4) is 11.5 Å². The van der Waals surface area contributed by atoms with Gasteiger partial charge in [0.25, 0.3) is 0 Å². The molecule has 1 fully saturated rings. The van der Waals surface area contributed by atoms with Gasteiger partial charge in [-0.2, -0.15) is 0 Å². The molecular weight excluding hydrogens is 190 g/mol. The second-order valence-corrected chi connectivity index (χ2v) is 4.16. The van der Waals surface area contributed by atoms with Crippen molar-refractivity contribution in [2.24, 2.45) is 5.73 Å². The molecule has 0 saturated heterocycles. The van der Waals surface area contributed by atoms with Crippen LogP contribution < -0.4 is 10.5 Å². The lowest BCUT2D eigenvalue weighted by Gasteiger charge is -2.18. The average Bonchev–Trinajstić information content (AvgIpc) is 2.96. The van der Waals surface area contributed by atoms with Gasteiger partial charge in [-0.3, -0.25) is 0 Å². The number of hydrogen-bond acceptors (Lipinski definition) is 3. The van der Waals surface area contributed by atoms with Crippen LogP contribution in [0.3, 0.4) is 0 Å². The van der Waals surface area contributed by atoms with Crippen LogP contribution in [0.25, 0.3) is 0 Å². The summed E-state index contributed by atoms with van der Waals surface area (Å²) in [5.41, 5.74) is 7.84. The van der Waals surface area contributed by atoms with E-state index in [1.165, 1.54) is 0 Å². The van der Waals surface area contributed by atoms with Gasteiger partial charge < -0.3 is 15.6 Å². The zero-order chi connectivity index (χ0) is 11.1. The lowest BCUT2D eigenvalue weighted by Crippen LogP contribution is -2.21. The quantitative estimate of drug-likeness (QED) is 0.796. The highest BCUT2D eigenvalue weighted by Crippen LogP contribution is 2.50. The molecule has 0 atom stereocenters. The molecular formula is C12H17NO2. The van der Waals surface area contributed by atoms with E-state index in [0.717, 1.165) is 30.4 Å². The molecule has 0 aliphatic heterocycles. The number of phenolic OH excluding ortho intramolecular Hbond substituents is 1. The summed E-state index contributed by atoms with van der Waals surface area (Å²) >= 11 is 0. The first-order valence-corrected chi connectivity index (χ1v) is 5.30. The third kappa shape index (κ3) is 1.57. The summed E-state index contributed by atoms with van der Waals surface area (Å²) in [5.74, 6) is 0.732. The monoisotopic (exact) mass is 207 g/mol. The summed E-state index contributed by atoms with van der Waals surface area (Å²) in [4.78, 5) is 0. The van der Waals surface area contributed by atoms with Gasteiger partial charge in [0.2, 0.25) is 0 Å². The van der Waals surface area contributed by atoms with Crippen LogP contribution in [-0.4, -0.2) is 12.2 Å². The van der Waals surface area contributed by atoms with Gasteiger partial charge in [0.1, 0.15) is 0 Å². The van der Waals surface area contributed by atoms with E-state index < -0.39 is 0 Å². The Morgan fingerprint density at radius 1 is 1.47 bits per heavy atom. The molecule has 1 aliphatic carbocycles. The van der Waals surface area contributed by atoms with Gasteiger partial charge >= 0.3 is 0 Å². The van der Waals surface area contributed by atoms with Gasteiger partial charge in [0, 0.05) is 11.1 Å². The zero-order valence-corrected chi connectivity index (χ0v) is 9.21. The molecule has 0 radical (unpaired) electrons. The number of rotatable bonds is 3. The number of phenols is 1. The maximum absolute atomic E-state index is 10.1. The maximum Gasteiger partial charge on any atom is 0.163 e. The van der Waals surface area contributed by atoms with Crippen LogP contribution in [0, 0.1) is 0 Å². The molecule has 0 bridgehead atoms. The fourth-order valence-electron chi connectivity index (χ4n) is 2.01. The predicted molar refractivity (Wildman–Crippen MR) is 59.1 cm³/mol. The van der Waals surface area contributed by atoms with Crippen molar-refractivity contribution in [2.45, 2.75) is 31.7 Å². The van der Waals surface area contributed by atoms with Gasteiger partial charge in [-0.05, 0) is 30.9 Å². The van der Waals surface area contributed by atoms with Gasteiger partial charge in [0.05, 0.1) is 7.11 Å². The van der Waals surface area contributed by atoms with Crippen LogP contribution in [0.1, 0.15) is 30.9 Å². The highest BCUT2D eigenvalue weighted by Gasteiger charge is 2.44. The Morgan fingerprint density at radius 3 is 2.60 bits per heavy atom. The fourth-order valence-corrected chi connectivity index (χ4v) is 2.01. The summed E-state index contributed by atoms with van der Waals surface area (Å²) in [6, 6.07) is 3.78. The first-order chi connectivity index (χ1) is 7.12. The van der Waals surface area contributed by atoms with Crippen molar-refractivity contribution >= 4 is 0 Å². The average molecular weight is 207 g/mol. The van der Waals surface area contributed by atoms with Crippen molar-refractivity contribution < 1.29 is 9.84 Å². The summed E-state index contributed by atoms with van der Waals surface area (Å²) in [5, 5.41) is 10.1. The lowest BCUT2D eigenvalue weighted by atomic mass is 9.95. The largest absolute Gasteiger partial charge is 0.504 e. The zero-order valence-electron chi connectivity index (χ0n) is 9.21. The number of aryl methyl sites for hydroxylation is 1. The topological polar surface area (TPSA) is 55.5 Å². The molecule has 1 saturated carbocycles. The van der Waals surface area contributed by atoms with E-state index in [1.807, 2.05) is 6.07 Å². The summed E-state index contributed by atoms with van der Waals surface area (Å²) in [7, 11) is 1.56. The van der Waals surface area contributed by atoms with Crippen molar-refractivity contribution in [3.05, 3.63) is 23.3 Å². The maximum atomic E-state index is 10.1. The molecule has 1 aromatic rings. The number of nitrogens with two attached hydrogens (primary N) is 1. The molecule has 3 heteroatoms. The number of benzene rings is 1.